The van der Waals surface area contributed by atoms with Crippen LogP contribution < -0.4 is 10.6 Å². The molecule has 162 valence electrons. The second-order valence-corrected chi connectivity index (χ2v) is 9.03. The number of carbonyl (C=O) groups excluding carboxylic acids is 2. The predicted molar refractivity (Wildman–Crippen MR) is 119 cm³/mol. The lowest BCUT2D eigenvalue weighted by Crippen LogP contribution is -2.38. The minimum atomic E-state index is -0.165. The third kappa shape index (κ3) is 5.57. The molecule has 0 aromatic carbocycles. The van der Waals surface area contributed by atoms with Crippen LogP contribution in [0.1, 0.15) is 31.2 Å². The van der Waals surface area contributed by atoms with Gasteiger partial charge in [-0.25, -0.2) is 0 Å². The van der Waals surface area contributed by atoms with Crippen molar-refractivity contribution in [1.29, 1.82) is 0 Å². The third-order valence-corrected chi connectivity index (χ3v) is 6.70. The maximum Gasteiger partial charge on any atom is 0.231 e. The first-order chi connectivity index (χ1) is 15.0. The largest absolute Gasteiger partial charge is 0.309 e. The van der Waals surface area contributed by atoms with Crippen LogP contribution in [0, 0.1) is 11.8 Å². The molecule has 1 unspecified atom stereocenters. The SMILES string of the molecule is CC(=O)NC1=NN(C)C(C2CC(Cc3ccc(NC(=O)Cc4ccccn4)nn3)C2)S1. The normalized spacial score (nSPS) is 22.5. The lowest BCUT2D eigenvalue weighted by atomic mass is 9.72. The van der Waals surface area contributed by atoms with Crippen molar-refractivity contribution in [1.82, 2.24) is 25.5 Å². The van der Waals surface area contributed by atoms with Crippen LogP contribution in [0.4, 0.5) is 5.82 Å². The number of hydrogen-bond donors (Lipinski definition) is 2. The topological polar surface area (TPSA) is 112 Å². The van der Waals surface area contributed by atoms with Gasteiger partial charge in [-0.2, -0.15) is 10.2 Å². The van der Waals surface area contributed by atoms with Gasteiger partial charge in [0.05, 0.1) is 12.1 Å². The van der Waals surface area contributed by atoms with Crippen LogP contribution >= 0.6 is 11.8 Å². The second-order valence-electron chi connectivity index (χ2n) is 7.93. The van der Waals surface area contributed by atoms with Gasteiger partial charge in [0.25, 0.3) is 0 Å². The molecule has 2 aromatic rings. The molecule has 2 amide bonds. The van der Waals surface area contributed by atoms with Crippen molar-refractivity contribution in [2.75, 3.05) is 12.4 Å². The first-order valence-corrected chi connectivity index (χ1v) is 11.1. The van der Waals surface area contributed by atoms with Crippen LogP contribution in [-0.2, 0) is 22.4 Å². The first-order valence-electron chi connectivity index (χ1n) is 10.2. The van der Waals surface area contributed by atoms with Gasteiger partial charge in [0.1, 0.15) is 5.37 Å². The summed E-state index contributed by atoms with van der Waals surface area (Å²) < 4.78 is 0. The maximum atomic E-state index is 12.1. The number of aromatic nitrogens is 3. The van der Waals surface area contributed by atoms with Crippen LogP contribution in [0.2, 0.25) is 0 Å². The molecule has 31 heavy (non-hydrogen) atoms. The fraction of sp³-hybridized carbons (Fsp3) is 0.429. The van der Waals surface area contributed by atoms with E-state index in [2.05, 4.69) is 30.9 Å². The molecule has 1 atom stereocenters. The Morgan fingerprint density at radius 1 is 1.13 bits per heavy atom. The number of hydrogen-bond acceptors (Lipinski definition) is 8. The quantitative estimate of drug-likeness (QED) is 0.708. The minimum absolute atomic E-state index is 0.0956. The van der Waals surface area contributed by atoms with E-state index in [1.54, 1.807) is 24.0 Å². The molecule has 0 saturated heterocycles. The van der Waals surface area contributed by atoms with E-state index in [9.17, 15) is 9.59 Å². The van der Waals surface area contributed by atoms with Gasteiger partial charge >= 0.3 is 0 Å². The van der Waals surface area contributed by atoms with Crippen molar-refractivity contribution in [3.05, 3.63) is 47.9 Å². The molecule has 0 spiro atoms. The molecule has 2 aromatic heterocycles. The minimum Gasteiger partial charge on any atom is -0.309 e. The zero-order chi connectivity index (χ0) is 21.8. The van der Waals surface area contributed by atoms with Crippen LogP contribution in [-0.4, -0.2) is 49.6 Å². The molecule has 0 radical (unpaired) electrons. The van der Waals surface area contributed by atoms with Gasteiger partial charge in [0, 0.05) is 25.9 Å². The average Bonchev–Trinajstić information content (AvgIpc) is 3.05. The molecule has 1 aliphatic carbocycles. The number of amides is 2. The molecule has 2 aliphatic rings. The Labute approximate surface area is 185 Å². The average molecular weight is 440 g/mol. The molecular weight excluding hydrogens is 414 g/mol. The number of anilines is 1. The highest BCUT2D eigenvalue weighted by Gasteiger charge is 2.40. The molecule has 0 bridgehead atoms. The fourth-order valence-corrected chi connectivity index (χ4v) is 5.11. The molecular formula is C21H25N7O2S. The Balaban J connectivity index is 1.21. The summed E-state index contributed by atoms with van der Waals surface area (Å²) >= 11 is 1.62. The third-order valence-electron chi connectivity index (χ3n) is 5.36. The molecule has 1 saturated carbocycles. The van der Waals surface area contributed by atoms with Crippen LogP contribution in [0.25, 0.3) is 0 Å². The monoisotopic (exact) mass is 439 g/mol. The number of thioether (sulfide) groups is 1. The second kappa shape index (κ2) is 9.42. The van der Waals surface area contributed by atoms with Crippen molar-refractivity contribution in [3.63, 3.8) is 0 Å². The molecule has 10 heteroatoms. The zero-order valence-corrected chi connectivity index (χ0v) is 18.3. The number of pyridine rings is 1. The van der Waals surface area contributed by atoms with Gasteiger partial charge in [0.15, 0.2) is 11.0 Å². The number of amidine groups is 1. The Bertz CT molecular complexity index is 961. The molecule has 4 rings (SSSR count). The summed E-state index contributed by atoms with van der Waals surface area (Å²) in [4.78, 5) is 27.5. The summed E-state index contributed by atoms with van der Waals surface area (Å²) in [6.45, 7) is 1.49. The molecule has 2 N–H and O–H groups in total. The molecule has 1 aliphatic heterocycles. The Morgan fingerprint density at radius 3 is 2.65 bits per heavy atom. The number of hydrazone groups is 1. The summed E-state index contributed by atoms with van der Waals surface area (Å²) in [5.74, 6) is 1.28. The molecule has 9 nitrogen and oxygen atoms in total. The van der Waals surface area contributed by atoms with E-state index in [1.807, 2.05) is 36.3 Å². The van der Waals surface area contributed by atoms with Gasteiger partial charge in [-0.1, -0.05) is 17.8 Å². The highest BCUT2D eigenvalue weighted by atomic mass is 32.2. The summed E-state index contributed by atoms with van der Waals surface area (Å²) in [7, 11) is 1.95. The van der Waals surface area contributed by atoms with Gasteiger partial charge in [0.2, 0.25) is 11.8 Å². The fourth-order valence-electron chi connectivity index (χ4n) is 3.89. The Hall–Kier alpha value is -3.01. The Kier molecular flexibility index (Phi) is 6.45. The molecule has 1 fully saturated rings. The van der Waals surface area contributed by atoms with Crippen molar-refractivity contribution >= 4 is 34.6 Å². The van der Waals surface area contributed by atoms with E-state index < -0.39 is 0 Å². The highest BCUT2D eigenvalue weighted by Crippen LogP contribution is 2.44. The van der Waals surface area contributed by atoms with Gasteiger partial charge in [-0.3, -0.25) is 19.6 Å². The summed E-state index contributed by atoms with van der Waals surface area (Å²) in [5.41, 5.74) is 1.64. The van der Waals surface area contributed by atoms with Crippen LogP contribution in [0.5, 0.6) is 0 Å². The Morgan fingerprint density at radius 2 is 1.97 bits per heavy atom. The van der Waals surface area contributed by atoms with E-state index in [0.29, 0.717) is 28.5 Å². The van der Waals surface area contributed by atoms with Crippen molar-refractivity contribution in [2.24, 2.45) is 16.9 Å². The standard InChI is InChI=1S/C21H25N7O2S/c1-13(29)23-21-27-28(2)20(31-21)15-9-14(10-15)11-17-6-7-18(26-25-17)24-19(30)12-16-5-3-4-8-22-16/h3-8,14-15,20H,9-12H2,1-2H3,(H,23,27,29)(H,24,26,30). The summed E-state index contributed by atoms with van der Waals surface area (Å²) in [5, 5.41) is 21.2. The van der Waals surface area contributed by atoms with Crippen molar-refractivity contribution < 1.29 is 9.59 Å². The first kappa shape index (κ1) is 21.2. The van der Waals surface area contributed by atoms with Gasteiger partial charge in [-0.15, -0.1) is 5.10 Å². The highest BCUT2D eigenvalue weighted by molar-refractivity contribution is 8.14. The molecule has 3 heterocycles. The number of nitrogens with zero attached hydrogens (tertiary/aromatic N) is 5. The summed E-state index contributed by atoms with van der Waals surface area (Å²) in [6.07, 6.45) is 4.92. The van der Waals surface area contributed by atoms with Crippen LogP contribution in [0.15, 0.2) is 41.6 Å². The predicted octanol–water partition coefficient (Wildman–Crippen LogP) is 2.03. The number of nitrogens with one attached hydrogen (secondary N) is 2. The van der Waals surface area contributed by atoms with Crippen molar-refractivity contribution in [3.8, 4) is 0 Å². The van der Waals surface area contributed by atoms with E-state index in [4.69, 9.17) is 0 Å². The van der Waals surface area contributed by atoms with E-state index >= 15 is 0 Å². The van der Waals surface area contributed by atoms with E-state index in [-0.39, 0.29) is 23.6 Å². The smallest absolute Gasteiger partial charge is 0.231 e. The number of rotatable bonds is 6. The van der Waals surface area contributed by atoms with Crippen molar-refractivity contribution in [2.45, 2.75) is 38.0 Å². The maximum absolute atomic E-state index is 12.1. The van der Waals surface area contributed by atoms with E-state index in [0.717, 1.165) is 25.0 Å². The zero-order valence-electron chi connectivity index (χ0n) is 17.5. The van der Waals surface area contributed by atoms with E-state index in [1.165, 1.54) is 6.92 Å². The lowest BCUT2D eigenvalue weighted by Gasteiger charge is -2.40. The van der Waals surface area contributed by atoms with Gasteiger partial charge < -0.3 is 10.6 Å². The summed E-state index contributed by atoms with van der Waals surface area (Å²) in [6, 6.07) is 9.20. The van der Waals surface area contributed by atoms with Crippen LogP contribution in [0.3, 0.4) is 0 Å². The number of carbonyl (C=O) groups is 2. The lowest BCUT2D eigenvalue weighted by molar-refractivity contribution is -0.117. The van der Waals surface area contributed by atoms with Gasteiger partial charge in [-0.05, 0) is 55.4 Å².